The Hall–Kier alpha value is -3.23. The van der Waals surface area contributed by atoms with Gasteiger partial charge in [-0.05, 0) is 42.8 Å². The number of carbonyl (C=O) groups is 3. The Bertz CT molecular complexity index is 999. The molecule has 0 radical (unpaired) electrons. The second kappa shape index (κ2) is 9.93. The average molecular weight is 437 g/mol. The molecule has 4 rings (SSSR count). The van der Waals surface area contributed by atoms with Crippen LogP contribution < -0.4 is 15.0 Å². The highest BCUT2D eigenvalue weighted by molar-refractivity contribution is 6.01. The van der Waals surface area contributed by atoms with E-state index in [-0.39, 0.29) is 24.2 Å². The number of hydrogen-bond donors (Lipinski definition) is 1. The first kappa shape index (κ1) is 22.0. The van der Waals surface area contributed by atoms with Crippen molar-refractivity contribution in [2.45, 2.75) is 13.5 Å². The summed E-state index contributed by atoms with van der Waals surface area (Å²) >= 11 is 0. The van der Waals surface area contributed by atoms with Crippen LogP contribution >= 0.6 is 0 Å². The number of hydrogen-bond acceptors (Lipinski definition) is 6. The molecule has 0 atom stereocenters. The largest absolute Gasteiger partial charge is 0.482 e. The molecule has 8 nitrogen and oxygen atoms in total. The fourth-order valence-corrected chi connectivity index (χ4v) is 3.79. The van der Waals surface area contributed by atoms with Gasteiger partial charge in [-0.25, -0.2) is 0 Å². The maximum absolute atomic E-state index is 12.5. The van der Waals surface area contributed by atoms with Crippen LogP contribution in [0, 0.1) is 0 Å². The molecule has 0 aromatic heterocycles. The third-order valence-electron chi connectivity index (χ3n) is 5.68. The monoisotopic (exact) mass is 437 g/mol. The summed E-state index contributed by atoms with van der Waals surface area (Å²) in [6, 6.07) is 12.3. The molecule has 32 heavy (non-hydrogen) atoms. The van der Waals surface area contributed by atoms with Gasteiger partial charge in [0.2, 0.25) is 0 Å². The minimum Gasteiger partial charge on any atom is -0.482 e. The normalized spacial score (nSPS) is 16.3. The van der Waals surface area contributed by atoms with E-state index in [2.05, 4.69) is 10.2 Å². The van der Waals surface area contributed by atoms with Crippen LogP contribution in [-0.4, -0.2) is 68.5 Å². The van der Waals surface area contributed by atoms with E-state index in [9.17, 15) is 14.4 Å². The number of anilines is 1. The van der Waals surface area contributed by atoms with Crippen molar-refractivity contribution < 1.29 is 23.9 Å². The first-order valence-corrected chi connectivity index (χ1v) is 10.8. The lowest BCUT2D eigenvalue weighted by molar-refractivity contribution is -0.121. The molecule has 2 amide bonds. The standard InChI is InChI=1S/C24H27N3O5/c1-17(28)20-6-7-22-21(14-20)27(23(29)16-32-22)15-18-2-4-19(5-3-18)24(30)25-8-9-26-10-12-31-13-11-26/h2-7,14H,8-13,15-16H2,1H3,(H,25,30). The Morgan fingerprint density at radius 2 is 1.75 bits per heavy atom. The van der Waals surface area contributed by atoms with Crippen LogP contribution in [0.15, 0.2) is 42.5 Å². The number of amides is 2. The fraction of sp³-hybridized carbons (Fsp3) is 0.375. The van der Waals surface area contributed by atoms with E-state index in [0.29, 0.717) is 35.7 Å². The second-order valence-corrected chi connectivity index (χ2v) is 7.91. The minimum absolute atomic E-state index is 0.0456. The van der Waals surface area contributed by atoms with Gasteiger partial charge in [0.1, 0.15) is 5.75 Å². The Balaban J connectivity index is 1.38. The summed E-state index contributed by atoms with van der Waals surface area (Å²) in [5.41, 5.74) is 2.56. The fourth-order valence-electron chi connectivity index (χ4n) is 3.79. The van der Waals surface area contributed by atoms with Crippen LogP contribution in [0.4, 0.5) is 5.69 Å². The van der Waals surface area contributed by atoms with Gasteiger partial charge in [0.05, 0.1) is 25.4 Å². The molecule has 1 saturated heterocycles. The molecule has 2 heterocycles. The van der Waals surface area contributed by atoms with E-state index in [0.717, 1.165) is 38.4 Å². The van der Waals surface area contributed by atoms with Crippen LogP contribution in [0.3, 0.4) is 0 Å². The molecule has 2 aromatic carbocycles. The molecule has 0 bridgehead atoms. The molecule has 0 spiro atoms. The van der Waals surface area contributed by atoms with Crippen molar-refractivity contribution in [3.05, 3.63) is 59.2 Å². The van der Waals surface area contributed by atoms with Gasteiger partial charge in [-0.15, -0.1) is 0 Å². The van der Waals surface area contributed by atoms with Crippen molar-refractivity contribution >= 4 is 23.3 Å². The van der Waals surface area contributed by atoms with E-state index in [1.807, 2.05) is 12.1 Å². The maximum Gasteiger partial charge on any atom is 0.265 e. The Kier molecular flexibility index (Phi) is 6.82. The lowest BCUT2D eigenvalue weighted by Crippen LogP contribution is -2.41. The smallest absolute Gasteiger partial charge is 0.265 e. The molecule has 1 N–H and O–H groups in total. The SMILES string of the molecule is CC(=O)c1ccc2c(c1)N(Cc1ccc(C(=O)NCCN3CCOCC3)cc1)C(=O)CO2. The van der Waals surface area contributed by atoms with E-state index < -0.39 is 0 Å². The summed E-state index contributed by atoms with van der Waals surface area (Å²) in [6.45, 7) is 6.41. The Morgan fingerprint density at radius 1 is 1.03 bits per heavy atom. The highest BCUT2D eigenvalue weighted by Gasteiger charge is 2.26. The third-order valence-corrected chi connectivity index (χ3v) is 5.68. The van der Waals surface area contributed by atoms with Crippen molar-refractivity contribution in [3.63, 3.8) is 0 Å². The van der Waals surface area contributed by atoms with Gasteiger partial charge in [-0.3, -0.25) is 19.3 Å². The van der Waals surface area contributed by atoms with Crippen LogP contribution in [0.1, 0.15) is 33.2 Å². The van der Waals surface area contributed by atoms with Crippen molar-refractivity contribution in [3.8, 4) is 5.75 Å². The summed E-state index contributed by atoms with van der Waals surface area (Å²) in [5, 5.41) is 2.95. The van der Waals surface area contributed by atoms with Gasteiger partial charge < -0.3 is 19.7 Å². The highest BCUT2D eigenvalue weighted by Crippen LogP contribution is 2.34. The zero-order valence-corrected chi connectivity index (χ0v) is 18.1. The Morgan fingerprint density at radius 3 is 2.47 bits per heavy atom. The second-order valence-electron chi connectivity index (χ2n) is 7.91. The number of morpholine rings is 1. The number of nitrogens with one attached hydrogen (secondary N) is 1. The molecule has 0 unspecified atom stereocenters. The maximum atomic E-state index is 12.5. The van der Waals surface area contributed by atoms with Crippen molar-refractivity contribution in [1.82, 2.24) is 10.2 Å². The van der Waals surface area contributed by atoms with Crippen molar-refractivity contribution in [1.29, 1.82) is 0 Å². The van der Waals surface area contributed by atoms with Crippen LogP contribution in [0.25, 0.3) is 0 Å². The molecule has 0 saturated carbocycles. The summed E-state index contributed by atoms with van der Waals surface area (Å²) in [4.78, 5) is 40.6. The molecule has 8 heteroatoms. The predicted molar refractivity (Wildman–Crippen MR) is 119 cm³/mol. The van der Waals surface area contributed by atoms with Crippen LogP contribution in [-0.2, 0) is 16.1 Å². The average Bonchev–Trinajstić information content (AvgIpc) is 2.81. The molecule has 1 fully saturated rings. The van der Waals surface area contributed by atoms with Gasteiger partial charge in [0.15, 0.2) is 12.4 Å². The van der Waals surface area contributed by atoms with E-state index in [1.54, 1.807) is 35.2 Å². The predicted octanol–water partition coefficient (Wildman–Crippen LogP) is 1.88. The number of carbonyl (C=O) groups excluding carboxylic acids is 3. The number of ether oxygens (including phenoxy) is 2. The van der Waals surface area contributed by atoms with Gasteiger partial charge in [0.25, 0.3) is 11.8 Å². The molecule has 2 aromatic rings. The minimum atomic E-state index is -0.178. The van der Waals surface area contributed by atoms with Crippen molar-refractivity contribution in [2.24, 2.45) is 0 Å². The van der Waals surface area contributed by atoms with Gasteiger partial charge >= 0.3 is 0 Å². The lowest BCUT2D eigenvalue weighted by atomic mass is 10.1. The zero-order chi connectivity index (χ0) is 22.5. The third kappa shape index (κ3) is 5.15. The number of Topliss-reactive ketones (excluding diaryl/α,β-unsaturated/α-hetero) is 1. The molecular formula is C24H27N3O5. The first-order chi connectivity index (χ1) is 15.5. The molecule has 2 aliphatic rings. The first-order valence-electron chi connectivity index (χ1n) is 10.8. The molecule has 0 aliphatic carbocycles. The van der Waals surface area contributed by atoms with Gasteiger partial charge in [0, 0.05) is 37.3 Å². The molecule has 2 aliphatic heterocycles. The zero-order valence-electron chi connectivity index (χ0n) is 18.1. The van der Waals surface area contributed by atoms with Gasteiger partial charge in [-0.1, -0.05) is 12.1 Å². The molecule has 168 valence electrons. The summed E-state index contributed by atoms with van der Waals surface area (Å²) in [5.74, 6) is 0.201. The van der Waals surface area contributed by atoms with Crippen molar-refractivity contribution in [2.75, 3.05) is 50.9 Å². The number of nitrogens with zero attached hydrogens (tertiary/aromatic N) is 2. The lowest BCUT2D eigenvalue weighted by Gasteiger charge is -2.29. The van der Waals surface area contributed by atoms with E-state index >= 15 is 0 Å². The van der Waals surface area contributed by atoms with Gasteiger partial charge in [-0.2, -0.15) is 0 Å². The van der Waals surface area contributed by atoms with E-state index in [4.69, 9.17) is 9.47 Å². The topological polar surface area (TPSA) is 88.2 Å². The van der Waals surface area contributed by atoms with E-state index in [1.165, 1.54) is 6.92 Å². The van der Waals surface area contributed by atoms with Crippen LogP contribution in [0.2, 0.25) is 0 Å². The number of rotatable bonds is 7. The molecular weight excluding hydrogens is 410 g/mol. The number of fused-ring (bicyclic) bond motifs is 1. The summed E-state index contributed by atoms with van der Waals surface area (Å²) < 4.78 is 10.8. The number of benzene rings is 2. The van der Waals surface area contributed by atoms with Crippen LogP contribution in [0.5, 0.6) is 5.75 Å². The quantitative estimate of drug-likeness (QED) is 0.666. The summed E-state index contributed by atoms with van der Waals surface area (Å²) in [6.07, 6.45) is 0. The summed E-state index contributed by atoms with van der Waals surface area (Å²) in [7, 11) is 0. The Labute approximate surface area is 187 Å². The number of ketones is 1. The highest BCUT2D eigenvalue weighted by atomic mass is 16.5.